The minimum Gasteiger partial charge on any atom is -0.411 e. The van der Waals surface area contributed by atoms with Crippen LogP contribution in [0.2, 0.25) is 0 Å². The minimum atomic E-state index is 0. The largest absolute Gasteiger partial charge is 0.411 e. The van der Waals surface area contributed by atoms with Crippen molar-refractivity contribution in [3.05, 3.63) is 0 Å². The third-order valence-electron chi connectivity index (χ3n) is 4.98. The van der Waals surface area contributed by atoms with Crippen molar-refractivity contribution in [2.75, 3.05) is 52.4 Å². The third-order valence-corrected chi connectivity index (χ3v) is 7.05. The molecule has 41 heavy (non-hydrogen) atoms. The average Bonchev–Trinajstić information content (AvgIpc) is 2.89. The van der Waals surface area contributed by atoms with Gasteiger partial charge in [-0.1, -0.05) is 72.7 Å². The first-order chi connectivity index (χ1) is 18.9. The molecule has 0 saturated carbocycles. The Kier molecular flexibility index (Phi) is 49.9. The molecule has 244 valence electrons. The summed E-state index contributed by atoms with van der Waals surface area (Å²) in [6.45, 7) is 25.2. The van der Waals surface area contributed by atoms with Gasteiger partial charge in [0.1, 0.15) is 0 Å². The molecule has 0 heterocycles. The first-order valence-electron chi connectivity index (χ1n) is 14.7. The normalized spacial score (nSPS) is 9.17. The van der Waals surface area contributed by atoms with Crippen LogP contribution < -0.4 is 0 Å². The quantitative estimate of drug-likeness (QED) is 0.0873. The van der Waals surface area contributed by atoms with Gasteiger partial charge in [-0.25, -0.2) is 0 Å². The summed E-state index contributed by atoms with van der Waals surface area (Å²) in [5.74, 6) is 0. The van der Waals surface area contributed by atoms with Gasteiger partial charge >= 0.3 is 0 Å². The molecule has 13 heteroatoms. The van der Waals surface area contributed by atoms with Gasteiger partial charge in [0.25, 0.3) is 0 Å². The average molecular weight is 913 g/mol. The van der Waals surface area contributed by atoms with Crippen LogP contribution in [-0.2, 0) is 50.5 Å². The first-order valence-corrected chi connectivity index (χ1v) is 18.0. The van der Waals surface area contributed by atoms with Crippen LogP contribution in [0.4, 0.5) is 0 Å². The zero-order valence-corrected chi connectivity index (χ0v) is 37.3. The van der Waals surface area contributed by atoms with E-state index in [2.05, 4.69) is 75.0 Å². The molecule has 0 saturated heterocycles. The van der Waals surface area contributed by atoms with Gasteiger partial charge < -0.3 is 119 Å². The minimum absolute atomic E-state index is 0. The topological polar surface area (TPSA) is 13.0 Å². The fourth-order valence-electron chi connectivity index (χ4n) is 3.34. The van der Waals surface area contributed by atoms with Gasteiger partial charge in [0.2, 0.25) is 0 Å². The van der Waals surface area contributed by atoms with E-state index in [0.29, 0.717) is 17.3 Å². The number of rotatable bonds is 16. The van der Waals surface area contributed by atoms with Crippen LogP contribution in [0, 0.1) is 0 Å². The van der Waals surface area contributed by atoms with E-state index >= 15 is 0 Å². The molecule has 0 aromatic rings. The Balaban J connectivity index is -0.000000139. The second kappa shape index (κ2) is 39.4. The van der Waals surface area contributed by atoms with E-state index in [1.165, 1.54) is 0 Å². The van der Waals surface area contributed by atoms with E-state index in [4.69, 9.17) is 99.4 Å². The molecule has 0 aromatic heterocycles. The van der Waals surface area contributed by atoms with Crippen LogP contribution >= 0.6 is 48.9 Å². The fraction of sp³-hybridized carbons (Fsp3) is 0.857. The molecule has 0 amide bonds. The summed E-state index contributed by atoms with van der Waals surface area (Å²) in [6, 6.07) is 0. The molecule has 0 atom stereocenters. The Hall–Kier alpha value is 1.36. The van der Waals surface area contributed by atoms with Crippen LogP contribution in [0.3, 0.4) is 0 Å². The maximum Gasteiger partial charge on any atom is 0.0159 e. The molecule has 0 rings (SSSR count). The van der Waals surface area contributed by atoms with E-state index in [-0.39, 0.29) is 27.3 Å². The Bertz CT molecular complexity index is 502. The molecular weight excluding hydrogens is 856 g/mol. The molecule has 0 aliphatic heterocycles. The van der Waals surface area contributed by atoms with Crippen LogP contribution in [0.25, 0.3) is 0 Å². The summed E-state index contributed by atoms with van der Waals surface area (Å²) in [5, 5.41) is 0. The molecule has 0 aliphatic rings. The van der Waals surface area contributed by atoms with Gasteiger partial charge in [0.15, 0.2) is 0 Å². The van der Waals surface area contributed by atoms with Crippen molar-refractivity contribution in [3.8, 4) is 0 Å². The molecule has 4 radical (unpaired) electrons. The maximum absolute atomic E-state index is 4.89. The van der Waals surface area contributed by atoms with Crippen LogP contribution in [0.5, 0.6) is 0 Å². The Morgan fingerprint density at radius 3 is 0.488 bits per heavy atom. The van der Waals surface area contributed by atoms with Crippen molar-refractivity contribution >= 4 is 144 Å². The van der Waals surface area contributed by atoms with Crippen molar-refractivity contribution in [2.45, 2.75) is 107 Å². The van der Waals surface area contributed by atoms with Crippen molar-refractivity contribution in [1.29, 1.82) is 0 Å². The fourth-order valence-corrected chi connectivity index (χ4v) is 4.80. The van der Waals surface area contributed by atoms with Crippen molar-refractivity contribution < 1.29 is 0 Å². The predicted molar refractivity (Wildman–Crippen MR) is 214 cm³/mol. The summed E-state index contributed by atoms with van der Waals surface area (Å²) in [7, 11) is 0. The zero-order chi connectivity index (χ0) is 31.9. The van der Waals surface area contributed by atoms with Gasteiger partial charge in [0.05, 0.1) is 0 Å². The van der Waals surface area contributed by atoms with E-state index in [9.17, 15) is 0 Å². The molecule has 0 aromatic carbocycles. The van der Waals surface area contributed by atoms with E-state index in [1.54, 1.807) is 0 Å². The van der Waals surface area contributed by atoms with E-state index < -0.39 is 0 Å². The molecule has 0 bridgehead atoms. The molecule has 4 nitrogen and oxygen atoms in total. The molecule has 0 aliphatic carbocycles. The van der Waals surface area contributed by atoms with Gasteiger partial charge in [-0.05, 0) is 51.4 Å². The third kappa shape index (κ3) is 37.5. The summed E-state index contributed by atoms with van der Waals surface area (Å²) in [6.07, 6.45) is 8.97. The Morgan fingerprint density at radius 2 is 0.439 bits per heavy atom. The van der Waals surface area contributed by atoms with Crippen molar-refractivity contribution in [1.82, 2.24) is 19.6 Å². The molecule has 0 N–H and O–H groups in total. The Labute approximate surface area is 319 Å². The first kappa shape index (κ1) is 51.9. The summed E-state index contributed by atoms with van der Waals surface area (Å²) in [4.78, 5) is 8.30. The molecule has 0 spiro atoms. The van der Waals surface area contributed by atoms with Crippen molar-refractivity contribution in [3.63, 3.8) is 0 Å². The van der Waals surface area contributed by atoms with Crippen LogP contribution in [0.1, 0.15) is 107 Å². The van der Waals surface area contributed by atoms with Gasteiger partial charge in [0, 0.05) is 79.7 Å². The summed E-state index contributed by atoms with van der Waals surface area (Å²) >= 11 is 39.1. The number of hydrogen-bond donors (Lipinski definition) is 0. The molecule has 0 fully saturated rings. The number of nitrogens with zero attached hydrogens (tertiary/aromatic N) is 4. The predicted octanol–water partition coefficient (Wildman–Crippen LogP) is 7.38. The summed E-state index contributed by atoms with van der Waals surface area (Å²) in [5.41, 5.74) is 0. The van der Waals surface area contributed by atoms with Crippen LogP contribution in [0.15, 0.2) is 0 Å². The van der Waals surface area contributed by atoms with Crippen LogP contribution in [-0.4, -0.2) is 117 Å². The second-order valence-corrected chi connectivity index (χ2v) is 13.1. The van der Waals surface area contributed by atoms with E-state index in [0.717, 1.165) is 104 Å². The Morgan fingerprint density at radius 1 is 0.341 bits per heavy atom. The summed E-state index contributed by atoms with van der Waals surface area (Å²) < 4.78 is 2.46. The van der Waals surface area contributed by atoms with Gasteiger partial charge in [-0.3, -0.25) is 0 Å². The monoisotopic (exact) mass is 912 g/mol. The standard InChI is InChI=1S/4C7H15NS2.Pb/c4*1-3-5-8(6-4-2)7(9)10;/h4*3-6H2,1-2H3,(H,9,10);/p-4. The zero-order valence-electron chi connectivity index (χ0n) is 26.9. The number of hydrogen-bond acceptors (Lipinski definition) is 8. The second-order valence-electron chi connectivity index (χ2n) is 9.01. The van der Waals surface area contributed by atoms with Gasteiger partial charge in [-0.2, -0.15) is 0 Å². The number of thiocarbonyl (C=S) groups is 4. The van der Waals surface area contributed by atoms with E-state index in [1.807, 2.05) is 0 Å². The maximum atomic E-state index is 4.89. The van der Waals surface area contributed by atoms with Crippen molar-refractivity contribution in [2.24, 2.45) is 0 Å². The molecular formula is C28H56N4PbS8-4. The smallest absolute Gasteiger partial charge is 0.0159 e. The van der Waals surface area contributed by atoms with Gasteiger partial charge in [-0.15, -0.1) is 0 Å². The molecule has 0 unspecified atom stereocenters. The SMILES string of the molecule is CCCN(CCC)C(=S)[S-].CCCN(CCC)C(=S)[S-].CCCN(CCC)C(=S)[S-].CCCN(CCC)C(=S)[S-].[Pb].